The number of amides is 1. The van der Waals surface area contributed by atoms with Crippen LogP contribution < -0.4 is 10.0 Å². The first-order valence-electron chi connectivity index (χ1n) is 7.47. The van der Waals surface area contributed by atoms with E-state index in [-0.39, 0.29) is 10.8 Å². The van der Waals surface area contributed by atoms with E-state index in [2.05, 4.69) is 10.0 Å². The third-order valence-electron chi connectivity index (χ3n) is 3.34. The van der Waals surface area contributed by atoms with Gasteiger partial charge in [0.05, 0.1) is 4.90 Å². The number of alkyl halides is 1. The molecule has 0 saturated carbocycles. The summed E-state index contributed by atoms with van der Waals surface area (Å²) in [6.45, 7) is 1.88. The molecule has 0 aliphatic heterocycles. The fourth-order valence-electron chi connectivity index (χ4n) is 2.02. The van der Waals surface area contributed by atoms with Crippen molar-refractivity contribution >= 4 is 33.2 Å². The van der Waals surface area contributed by atoms with E-state index in [1.54, 1.807) is 6.92 Å². The molecule has 2 N–H and O–H groups in total. The van der Waals surface area contributed by atoms with Crippen molar-refractivity contribution in [3.05, 3.63) is 60.2 Å². The molecule has 2 rings (SSSR count). The maximum absolute atomic E-state index is 12.2. The molecule has 0 heterocycles. The van der Waals surface area contributed by atoms with Crippen LogP contribution in [0.15, 0.2) is 59.5 Å². The monoisotopic (exact) mass is 366 g/mol. The van der Waals surface area contributed by atoms with Crippen LogP contribution in [0, 0.1) is 0 Å². The summed E-state index contributed by atoms with van der Waals surface area (Å²) in [6, 6.07) is 15.6. The molecule has 24 heavy (non-hydrogen) atoms. The van der Waals surface area contributed by atoms with Crippen LogP contribution in [0.25, 0.3) is 0 Å². The summed E-state index contributed by atoms with van der Waals surface area (Å²) in [5.41, 5.74) is 1.56. The van der Waals surface area contributed by atoms with Crippen LogP contribution >= 0.6 is 11.6 Å². The Balaban J connectivity index is 1.95. The van der Waals surface area contributed by atoms with Crippen molar-refractivity contribution in [2.45, 2.75) is 23.6 Å². The minimum Gasteiger partial charge on any atom is -0.325 e. The van der Waals surface area contributed by atoms with Crippen molar-refractivity contribution in [2.75, 3.05) is 11.9 Å². The second-order valence-electron chi connectivity index (χ2n) is 5.26. The lowest BCUT2D eigenvalue weighted by atomic mass is 10.2. The summed E-state index contributed by atoms with van der Waals surface area (Å²) >= 11 is 5.67. The summed E-state index contributed by atoms with van der Waals surface area (Å²) in [6.07, 6.45) is 0.613. The van der Waals surface area contributed by atoms with Crippen molar-refractivity contribution in [3.8, 4) is 0 Å². The van der Waals surface area contributed by atoms with Crippen LogP contribution in [0.2, 0.25) is 0 Å². The zero-order valence-electron chi connectivity index (χ0n) is 13.2. The number of rotatable bonds is 7. The second kappa shape index (κ2) is 8.28. The van der Waals surface area contributed by atoms with Gasteiger partial charge in [-0.15, -0.1) is 11.6 Å². The molecule has 128 valence electrons. The fraction of sp³-hybridized carbons (Fsp3) is 0.235. The Kier molecular flexibility index (Phi) is 6.36. The number of nitrogens with one attached hydrogen (secondary N) is 2. The van der Waals surface area contributed by atoms with Gasteiger partial charge in [-0.05, 0) is 43.2 Å². The molecule has 0 aliphatic rings. The van der Waals surface area contributed by atoms with Crippen LogP contribution in [-0.4, -0.2) is 26.2 Å². The quantitative estimate of drug-likeness (QED) is 0.740. The molecule has 2 aromatic rings. The highest BCUT2D eigenvalue weighted by molar-refractivity contribution is 7.89. The van der Waals surface area contributed by atoms with Crippen molar-refractivity contribution in [1.29, 1.82) is 0 Å². The first-order valence-corrected chi connectivity index (χ1v) is 9.39. The van der Waals surface area contributed by atoms with Gasteiger partial charge in [0.15, 0.2) is 0 Å². The fourth-order valence-corrected chi connectivity index (χ4v) is 3.10. The van der Waals surface area contributed by atoms with E-state index in [1.165, 1.54) is 24.3 Å². The Morgan fingerprint density at radius 1 is 1.08 bits per heavy atom. The lowest BCUT2D eigenvalue weighted by Crippen LogP contribution is -2.26. The van der Waals surface area contributed by atoms with Crippen LogP contribution in [0.4, 0.5) is 5.69 Å². The van der Waals surface area contributed by atoms with Gasteiger partial charge in [-0.1, -0.05) is 30.3 Å². The minimum atomic E-state index is -3.58. The Morgan fingerprint density at radius 3 is 2.29 bits per heavy atom. The first-order chi connectivity index (χ1) is 11.4. The van der Waals surface area contributed by atoms with Gasteiger partial charge in [-0.3, -0.25) is 4.79 Å². The molecule has 2 aromatic carbocycles. The average molecular weight is 367 g/mol. The van der Waals surface area contributed by atoms with Gasteiger partial charge in [-0.25, -0.2) is 13.1 Å². The summed E-state index contributed by atoms with van der Waals surface area (Å²) < 4.78 is 27.1. The van der Waals surface area contributed by atoms with Crippen LogP contribution in [0.5, 0.6) is 0 Å². The molecular formula is C17H19ClN2O3S. The van der Waals surface area contributed by atoms with Gasteiger partial charge in [0.2, 0.25) is 15.9 Å². The van der Waals surface area contributed by atoms with Gasteiger partial charge in [0.25, 0.3) is 0 Å². The van der Waals surface area contributed by atoms with Crippen molar-refractivity contribution < 1.29 is 13.2 Å². The normalized spacial score (nSPS) is 12.6. The van der Waals surface area contributed by atoms with E-state index in [4.69, 9.17) is 11.6 Å². The van der Waals surface area contributed by atoms with E-state index in [0.29, 0.717) is 18.7 Å². The molecule has 0 unspecified atom stereocenters. The molecule has 0 radical (unpaired) electrons. The predicted molar refractivity (Wildman–Crippen MR) is 95.7 cm³/mol. The molecule has 0 saturated heterocycles. The van der Waals surface area contributed by atoms with Crippen molar-refractivity contribution in [2.24, 2.45) is 0 Å². The van der Waals surface area contributed by atoms with Gasteiger partial charge in [0, 0.05) is 12.2 Å². The van der Waals surface area contributed by atoms with Gasteiger partial charge >= 0.3 is 0 Å². The van der Waals surface area contributed by atoms with Crippen LogP contribution in [0.3, 0.4) is 0 Å². The molecule has 0 spiro atoms. The van der Waals surface area contributed by atoms with E-state index < -0.39 is 15.4 Å². The Morgan fingerprint density at radius 2 is 1.71 bits per heavy atom. The number of halogens is 1. The molecule has 0 aliphatic carbocycles. The molecule has 1 atom stereocenters. The van der Waals surface area contributed by atoms with Crippen LogP contribution in [0.1, 0.15) is 12.5 Å². The number of carbonyl (C=O) groups is 1. The predicted octanol–water partition coefficient (Wildman–Crippen LogP) is 2.77. The Labute approximate surface area is 147 Å². The summed E-state index contributed by atoms with van der Waals surface area (Å²) in [7, 11) is -3.58. The van der Waals surface area contributed by atoms with E-state index in [0.717, 1.165) is 5.56 Å². The first kappa shape index (κ1) is 18.4. The van der Waals surface area contributed by atoms with Crippen molar-refractivity contribution in [3.63, 3.8) is 0 Å². The van der Waals surface area contributed by atoms with E-state index in [1.807, 2.05) is 30.3 Å². The number of hydrogen-bond acceptors (Lipinski definition) is 3. The van der Waals surface area contributed by atoms with Crippen LogP contribution in [-0.2, 0) is 21.2 Å². The number of sulfonamides is 1. The molecule has 5 nitrogen and oxygen atoms in total. The third kappa shape index (κ3) is 5.33. The molecule has 1 amide bonds. The molecular weight excluding hydrogens is 348 g/mol. The third-order valence-corrected chi connectivity index (χ3v) is 5.02. The minimum absolute atomic E-state index is 0.146. The maximum atomic E-state index is 12.2. The Hall–Kier alpha value is -1.89. The maximum Gasteiger partial charge on any atom is 0.242 e. The van der Waals surface area contributed by atoms with E-state index in [9.17, 15) is 13.2 Å². The molecule has 0 fully saturated rings. The Bertz CT molecular complexity index is 775. The smallest absolute Gasteiger partial charge is 0.242 e. The highest BCUT2D eigenvalue weighted by Crippen LogP contribution is 2.15. The zero-order valence-corrected chi connectivity index (χ0v) is 14.8. The number of hydrogen-bond donors (Lipinski definition) is 2. The number of anilines is 1. The highest BCUT2D eigenvalue weighted by atomic mass is 35.5. The van der Waals surface area contributed by atoms with E-state index >= 15 is 0 Å². The summed E-state index contributed by atoms with van der Waals surface area (Å²) in [5, 5.41) is 1.94. The summed E-state index contributed by atoms with van der Waals surface area (Å²) in [4.78, 5) is 11.6. The number of carbonyl (C=O) groups excluding carboxylic acids is 1. The molecule has 7 heteroatoms. The molecule has 0 aromatic heterocycles. The topological polar surface area (TPSA) is 75.3 Å². The standard InChI is InChI=1S/C17H19ClN2O3S/c1-13(18)17(21)20-15-7-9-16(10-8-15)24(22,23)19-12-11-14-5-3-2-4-6-14/h2-10,13,19H,11-12H2,1H3,(H,20,21)/t13-/m0/s1. The lowest BCUT2D eigenvalue weighted by Gasteiger charge is -2.09. The average Bonchev–Trinajstić information content (AvgIpc) is 2.56. The van der Waals surface area contributed by atoms with Crippen molar-refractivity contribution in [1.82, 2.24) is 4.72 Å². The van der Waals surface area contributed by atoms with Gasteiger partial charge in [0.1, 0.15) is 5.38 Å². The molecule has 0 bridgehead atoms. The summed E-state index contributed by atoms with van der Waals surface area (Å²) in [5.74, 6) is -0.340. The zero-order chi connectivity index (χ0) is 17.6. The largest absolute Gasteiger partial charge is 0.325 e. The number of benzene rings is 2. The highest BCUT2D eigenvalue weighted by Gasteiger charge is 2.14. The second-order valence-corrected chi connectivity index (χ2v) is 7.68. The lowest BCUT2D eigenvalue weighted by molar-refractivity contribution is -0.115. The van der Waals surface area contributed by atoms with Gasteiger partial charge < -0.3 is 5.32 Å². The SMILES string of the molecule is C[C@H](Cl)C(=O)Nc1ccc(S(=O)(=O)NCCc2ccccc2)cc1. The van der Waals surface area contributed by atoms with Gasteiger partial charge in [-0.2, -0.15) is 0 Å².